The van der Waals surface area contributed by atoms with Gasteiger partial charge in [0.05, 0.1) is 13.0 Å². The third kappa shape index (κ3) is 4.48. The number of hydrogen-bond donors (Lipinski definition) is 1. The normalized spacial score (nSPS) is 16.7. The maximum atomic E-state index is 12.6. The smallest absolute Gasteiger partial charge is 0.229 e. The van der Waals surface area contributed by atoms with Gasteiger partial charge in [0.25, 0.3) is 0 Å². The van der Waals surface area contributed by atoms with Crippen LogP contribution in [0.15, 0.2) is 48.5 Å². The summed E-state index contributed by atoms with van der Waals surface area (Å²) in [7, 11) is 1.62. The molecule has 2 aromatic carbocycles. The van der Waals surface area contributed by atoms with Gasteiger partial charge in [-0.1, -0.05) is 44.2 Å². The van der Waals surface area contributed by atoms with E-state index in [0.29, 0.717) is 19.0 Å². The summed E-state index contributed by atoms with van der Waals surface area (Å²) in [5.74, 6) is 0.755. The van der Waals surface area contributed by atoms with Crippen LogP contribution >= 0.6 is 0 Å². The van der Waals surface area contributed by atoms with Crippen molar-refractivity contribution in [3.8, 4) is 5.75 Å². The third-order valence-electron chi connectivity index (χ3n) is 4.98. The third-order valence-corrected chi connectivity index (χ3v) is 4.98. The lowest BCUT2D eigenvalue weighted by Crippen LogP contribution is -2.28. The average molecular weight is 366 g/mol. The highest BCUT2D eigenvalue weighted by molar-refractivity contribution is 5.97. The molecule has 1 aliphatic heterocycles. The van der Waals surface area contributed by atoms with Crippen LogP contribution in [0.1, 0.15) is 37.3 Å². The van der Waals surface area contributed by atoms with Crippen molar-refractivity contribution >= 4 is 17.5 Å². The molecule has 142 valence electrons. The average Bonchev–Trinajstić information content (AvgIpc) is 3.03. The van der Waals surface area contributed by atoms with Crippen LogP contribution in [0.3, 0.4) is 0 Å². The lowest BCUT2D eigenvalue weighted by Gasteiger charge is -2.18. The van der Waals surface area contributed by atoms with E-state index < -0.39 is 0 Å². The zero-order chi connectivity index (χ0) is 19.4. The Hall–Kier alpha value is -2.82. The van der Waals surface area contributed by atoms with Gasteiger partial charge in [0.15, 0.2) is 0 Å². The van der Waals surface area contributed by atoms with E-state index in [1.165, 1.54) is 5.56 Å². The second-order valence-electron chi connectivity index (χ2n) is 7.25. The minimum Gasteiger partial charge on any atom is -0.496 e. The standard InChI is InChI=1S/C22H26N2O3/c1-15(2)16-8-10-19(11-9-16)23-22(26)18-12-21(25)24(14-18)13-17-6-4-5-7-20(17)27-3/h4-11,15,18H,12-14H2,1-3H3,(H,23,26). The largest absolute Gasteiger partial charge is 0.496 e. The first kappa shape index (κ1) is 19.0. The Morgan fingerprint density at radius 2 is 1.89 bits per heavy atom. The van der Waals surface area contributed by atoms with Crippen LogP contribution in [0.4, 0.5) is 5.69 Å². The maximum Gasteiger partial charge on any atom is 0.229 e. The van der Waals surface area contributed by atoms with Gasteiger partial charge in [-0.2, -0.15) is 0 Å². The molecule has 1 aliphatic rings. The molecule has 1 heterocycles. The summed E-state index contributed by atoms with van der Waals surface area (Å²) < 4.78 is 5.35. The molecule has 5 heteroatoms. The lowest BCUT2D eigenvalue weighted by molar-refractivity contribution is -0.128. The summed E-state index contributed by atoms with van der Waals surface area (Å²) in [6.07, 6.45) is 0.241. The molecule has 2 aromatic rings. The van der Waals surface area contributed by atoms with Crippen molar-refractivity contribution in [2.45, 2.75) is 32.7 Å². The van der Waals surface area contributed by atoms with Crippen molar-refractivity contribution in [1.82, 2.24) is 4.90 Å². The molecule has 0 spiro atoms. The van der Waals surface area contributed by atoms with E-state index in [-0.39, 0.29) is 24.2 Å². The second-order valence-corrected chi connectivity index (χ2v) is 7.25. The highest BCUT2D eigenvalue weighted by Crippen LogP contribution is 2.26. The molecule has 1 saturated heterocycles. The van der Waals surface area contributed by atoms with Gasteiger partial charge in [0.2, 0.25) is 11.8 Å². The fourth-order valence-electron chi connectivity index (χ4n) is 3.34. The van der Waals surface area contributed by atoms with E-state index in [1.807, 2.05) is 48.5 Å². The molecule has 5 nitrogen and oxygen atoms in total. The van der Waals surface area contributed by atoms with Crippen LogP contribution < -0.4 is 10.1 Å². The SMILES string of the molecule is COc1ccccc1CN1CC(C(=O)Nc2ccc(C(C)C)cc2)CC1=O. The molecular formula is C22H26N2O3. The first-order valence-electron chi connectivity index (χ1n) is 9.28. The van der Waals surface area contributed by atoms with Crippen LogP contribution in [0.5, 0.6) is 5.75 Å². The molecule has 1 N–H and O–H groups in total. The van der Waals surface area contributed by atoms with Gasteiger partial charge in [-0.15, -0.1) is 0 Å². The molecule has 0 bridgehead atoms. The molecule has 0 radical (unpaired) electrons. The lowest BCUT2D eigenvalue weighted by atomic mass is 10.0. The number of ether oxygens (including phenoxy) is 1. The van der Waals surface area contributed by atoms with Crippen molar-refractivity contribution in [2.24, 2.45) is 5.92 Å². The fraction of sp³-hybridized carbons (Fsp3) is 0.364. The zero-order valence-electron chi connectivity index (χ0n) is 16.1. The van der Waals surface area contributed by atoms with Crippen LogP contribution in [0.25, 0.3) is 0 Å². The van der Waals surface area contributed by atoms with Crippen LogP contribution in [0, 0.1) is 5.92 Å². The van der Waals surface area contributed by atoms with E-state index in [9.17, 15) is 9.59 Å². The van der Waals surface area contributed by atoms with Crippen molar-refractivity contribution in [2.75, 3.05) is 19.0 Å². The summed E-state index contributed by atoms with van der Waals surface area (Å²) in [4.78, 5) is 26.7. The first-order chi connectivity index (χ1) is 13.0. The molecule has 1 fully saturated rings. The molecule has 27 heavy (non-hydrogen) atoms. The van der Waals surface area contributed by atoms with Crippen molar-refractivity contribution < 1.29 is 14.3 Å². The van der Waals surface area contributed by atoms with Gasteiger partial charge in [0, 0.05) is 30.8 Å². The van der Waals surface area contributed by atoms with Crippen LogP contribution in [-0.4, -0.2) is 30.4 Å². The summed E-state index contributed by atoms with van der Waals surface area (Å²) in [6, 6.07) is 15.5. The highest BCUT2D eigenvalue weighted by atomic mass is 16.5. The monoisotopic (exact) mass is 366 g/mol. The van der Waals surface area contributed by atoms with Crippen molar-refractivity contribution in [1.29, 1.82) is 0 Å². The number of benzene rings is 2. The quantitative estimate of drug-likeness (QED) is 0.846. The molecule has 1 unspecified atom stereocenters. The van der Waals surface area contributed by atoms with Gasteiger partial charge in [-0.05, 0) is 29.7 Å². The summed E-state index contributed by atoms with van der Waals surface area (Å²) in [6.45, 7) is 5.14. The Balaban J connectivity index is 1.61. The van der Waals surface area contributed by atoms with E-state index in [2.05, 4.69) is 19.2 Å². The predicted molar refractivity (Wildman–Crippen MR) is 106 cm³/mol. The number of nitrogens with zero attached hydrogens (tertiary/aromatic N) is 1. The van der Waals surface area contributed by atoms with E-state index >= 15 is 0 Å². The van der Waals surface area contributed by atoms with Gasteiger partial charge in [-0.25, -0.2) is 0 Å². The molecule has 0 aliphatic carbocycles. The number of rotatable bonds is 6. The Morgan fingerprint density at radius 1 is 1.19 bits per heavy atom. The van der Waals surface area contributed by atoms with E-state index in [4.69, 9.17) is 4.74 Å². The summed E-state index contributed by atoms with van der Waals surface area (Å²) in [5.41, 5.74) is 2.94. The fourth-order valence-corrected chi connectivity index (χ4v) is 3.34. The predicted octanol–water partition coefficient (Wildman–Crippen LogP) is 3.81. The Morgan fingerprint density at radius 3 is 2.56 bits per heavy atom. The van der Waals surface area contributed by atoms with Gasteiger partial charge < -0.3 is 15.0 Å². The highest BCUT2D eigenvalue weighted by Gasteiger charge is 2.34. The molecular weight excluding hydrogens is 340 g/mol. The van der Waals surface area contributed by atoms with Crippen LogP contribution in [0.2, 0.25) is 0 Å². The van der Waals surface area contributed by atoms with E-state index in [1.54, 1.807) is 12.0 Å². The molecule has 0 saturated carbocycles. The number of hydrogen-bond acceptors (Lipinski definition) is 3. The topological polar surface area (TPSA) is 58.6 Å². The molecule has 0 aromatic heterocycles. The van der Waals surface area contributed by atoms with Crippen molar-refractivity contribution in [3.63, 3.8) is 0 Å². The maximum absolute atomic E-state index is 12.6. The minimum atomic E-state index is -0.336. The number of carbonyl (C=O) groups excluding carboxylic acids is 2. The Kier molecular flexibility index (Phi) is 5.79. The number of anilines is 1. The number of para-hydroxylation sites is 1. The number of carbonyl (C=O) groups is 2. The molecule has 1 atom stereocenters. The summed E-state index contributed by atoms with van der Waals surface area (Å²) in [5, 5.41) is 2.94. The Bertz CT molecular complexity index is 815. The number of methoxy groups -OCH3 is 1. The van der Waals surface area contributed by atoms with Crippen LogP contribution in [-0.2, 0) is 16.1 Å². The van der Waals surface area contributed by atoms with E-state index in [0.717, 1.165) is 17.0 Å². The van der Waals surface area contributed by atoms with Gasteiger partial charge >= 0.3 is 0 Å². The zero-order valence-corrected chi connectivity index (χ0v) is 16.1. The Labute approximate surface area is 160 Å². The number of amides is 2. The number of likely N-dealkylation sites (tertiary alicyclic amines) is 1. The second kappa shape index (κ2) is 8.25. The summed E-state index contributed by atoms with van der Waals surface area (Å²) >= 11 is 0. The first-order valence-corrected chi connectivity index (χ1v) is 9.28. The van der Waals surface area contributed by atoms with Crippen molar-refractivity contribution in [3.05, 3.63) is 59.7 Å². The number of nitrogens with one attached hydrogen (secondary N) is 1. The molecule has 2 amide bonds. The van der Waals surface area contributed by atoms with Gasteiger partial charge in [0.1, 0.15) is 5.75 Å². The minimum absolute atomic E-state index is 0.00351. The molecule has 3 rings (SSSR count). The van der Waals surface area contributed by atoms with Gasteiger partial charge in [-0.3, -0.25) is 9.59 Å².